The molecule has 0 spiro atoms. The molecule has 17 heavy (non-hydrogen) atoms. The van der Waals surface area contributed by atoms with E-state index in [2.05, 4.69) is 5.32 Å². The third-order valence-corrected chi connectivity index (χ3v) is 2.25. The highest BCUT2D eigenvalue weighted by Crippen LogP contribution is 2.13. The average Bonchev–Trinajstić information content (AvgIpc) is 2.28. The Bertz CT molecular complexity index is 420. The number of nitro benzene ring substituents is 1. The molecule has 92 valence electrons. The summed E-state index contributed by atoms with van der Waals surface area (Å²) in [6.07, 6.45) is 0.117. The number of nitro groups is 1. The number of hydrogen-bond acceptors (Lipinski definition) is 4. The fourth-order valence-corrected chi connectivity index (χ4v) is 1.35. The van der Waals surface area contributed by atoms with E-state index in [9.17, 15) is 14.9 Å². The zero-order chi connectivity index (χ0) is 12.8. The van der Waals surface area contributed by atoms with Gasteiger partial charge in [-0.3, -0.25) is 14.9 Å². The lowest BCUT2D eigenvalue weighted by Gasteiger charge is -2.10. The van der Waals surface area contributed by atoms with Crippen LogP contribution in [0.4, 0.5) is 5.69 Å². The number of nitrogens with one attached hydrogen (secondary N) is 1. The smallest absolute Gasteiger partial charge is 0.269 e. The van der Waals surface area contributed by atoms with Crippen molar-refractivity contribution in [2.45, 2.75) is 19.4 Å². The number of nitrogens with zero attached hydrogens (tertiary/aromatic N) is 1. The van der Waals surface area contributed by atoms with E-state index in [1.54, 1.807) is 19.1 Å². The Morgan fingerprint density at radius 1 is 1.59 bits per heavy atom. The van der Waals surface area contributed by atoms with Gasteiger partial charge in [-0.25, -0.2) is 0 Å². The van der Waals surface area contributed by atoms with E-state index >= 15 is 0 Å². The summed E-state index contributed by atoms with van der Waals surface area (Å²) in [5.41, 5.74) is 5.97. The number of carbonyl (C=O) groups is 1. The van der Waals surface area contributed by atoms with Crippen molar-refractivity contribution in [2.24, 2.45) is 5.73 Å². The molecule has 0 aliphatic heterocycles. The zero-order valence-electron chi connectivity index (χ0n) is 9.55. The molecule has 0 aliphatic rings. The van der Waals surface area contributed by atoms with Crippen molar-refractivity contribution < 1.29 is 9.72 Å². The Labute approximate surface area is 99.0 Å². The summed E-state index contributed by atoms with van der Waals surface area (Å²) >= 11 is 0. The number of rotatable bonds is 5. The second-order valence-corrected chi connectivity index (χ2v) is 3.81. The molecule has 1 aromatic carbocycles. The molecular formula is C11H15N3O3. The van der Waals surface area contributed by atoms with Crippen molar-refractivity contribution in [2.75, 3.05) is 6.54 Å². The van der Waals surface area contributed by atoms with Gasteiger partial charge in [0.2, 0.25) is 5.91 Å². The minimum atomic E-state index is -0.482. The van der Waals surface area contributed by atoms with E-state index in [1.165, 1.54) is 12.1 Å². The molecule has 0 fully saturated rings. The summed E-state index contributed by atoms with van der Waals surface area (Å²) < 4.78 is 0. The molecule has 0 unspecified atom stereocenters. The van der Waals surface area contributed by atoms with Crippen molar-refractivity contribution in [3.63, 3.8) is 0 Å². The van der Waals surface area contributed by atoms with Gasteiger partial charge in [-0.05, 0) is 12.5 Å². The van der Waals surface area contributed by atoms with Gasteiger partial charge >= 0.3 is 0 Å². The molecule has 0 heterocycles. The molecule has 1 rings (SSSR count). The quantitative estimate of drug-likeness (QED) is 0.578. The Kier molecular flexibility index (Phi) is 4.59. The summed E-state index contributed by atoms with van der Waals surface area (Å²) in [6.45, 7) is 2.16. The predicted octanol–water partition coefficient (Wildman–Crippen LogP) is 0.601. The number of non-ortho nitro benzene ring substituents is 1. The van der Waals surface area contributed by atoms with Crippen LogP contribution in [0.1, 0.15) is 12.5 Å². The first kappa shape index (κ1) is 13.1. The molecule has 1 atom stereocenters. The summed E-state index contributed by atoms with van der Waals surface area (Å²) in [6, 6.07) is 5.94. The first-order chi connectivity index (χ1) is 8.02. The molecule has 0 radical (unpaired) electrons. The van der Waals surface area contributed by atoms with Crippen LogP contribution in [-0.4, -0.2) is 23.4 Å². The number of carbonyl (C=O) groups excluding carboxylic acids is 1. The zero-order valence-corrected chi connectivity index (χ0v) is 9.55. The Morgan fingerprint density at radius 3 is 2.88 bits per heavy atom. The van der Waals surface area contributed by atoms with E-state index < -0.39 is 4.92 Å². The number of nitrogens with two attached hydrogens (primary N) is 1. The summed E-state index contributed by atoms with van der Waals surface area (Å²) in [5, 5.41) is 13.2. The first-order valence-electron chi connectivity index (χ1n) is 5.25. The van der Waals surface area contributed by atoms with Gasteiger partial charge in [-0.15, -0.1) is 0 Å². The number of hydrogen-bond donors (Lipinski definition) is 2. The highest BCUT2D eigenvalue weighted by atomic mass is 16.6. The Hall–Kier alpha value is -1.95. The number of amides is 1. The molecule has 0 saturated carbocycles. The Morgan fingerprint density at radius 2 is 2.29 bits per heavy atom. The van der Waals surface area contributed by atoms with E-state index in [0.29, 0.717) is 12.1 Å². The lowest BCUT2D eigenvalue weighted by atomic mass is 10.1. The van der Waals surface area contributed by atoms with Crippen LogP contribution in [0.2, 0.25) is 0 Å². The minimum absolute atomic E-state index is 0.0119. The highest BCUT2D eigenvalue weighted by molar-refractivity contribution is 5.79. The van der Waals surface area contributed by atoms with Gasteiger partial charge < -0.3 is 11.1 Å². The van der Waals surface area contributed by atoms with Crippen LogP contribution in [-0.2, 0) is 11.2 Å². The van der Waals surface area contributed by atoms with Crippen LogP contribution < -0.4 is 11.1 Å². The maximum Gasteiger partial charge on any atom is 0.269 e. The predicted molar refractivity (Wildman–Crippen MR) is 63.5 cm³/mol. The monoisotopic (exact) mass is 237 g/mol. The fraction of sp³-hybridized carbons (Fsp3) is 0.364. The van der Waals surface area contributed by atoms with E-state index in [-0.39, 0.29) is 24.1 Å². The maximum atomic E-state index is 11.5. The average molecular weight is 237 g/mol. The van der Waals surface area contributed by atoms with Crippen LogP contribution >= 0.6 is 0 Å². The van der Waals surface area contributed by atoms with Crippen LogP contribution in [0.5, 0.6) is 0 Å². The van der Waals surface area contributed by atoms with Gasteiger partial charge in [0.25, 0.3) is 5.69 Å². The summed E-state index contributed by atoms with van der Waals surface area (Å²) in [7, 11) is 0. The van der Waals surface area contributed by atoms with E-state index in [1.807, 2.05) is 0 Å². The van der Waals surface area contributed by atoms with Gasteiger partial charge in [0, 0.05) is 24.7 Å². The van der Waals surface area contributed by atoms with Crippen molar-refractivity contribution in [1.82, 2.24) is 5.32 Å². The lowest BCUT2D eigenvalue weighted by molar-refractivity contribution is -0.384. The first-order valence-corrected chi connectivity index (χ1v) is 5.25. The normalized spacial score (nSPS) is 11.9. The van der Waals surface area contributed by atoms with Gasteiger partial charge in [0.1, 0.15) is 0 Å². The molecule has 1 aromatic rings. The molecule has 0 aliphatic carbocycles. The second kappa shape index (κ2) is 5.95. The SMILES string of the molecule is C[C@@H](CN)NC(=O)Cc1cccc([N+](=O)[O-])c1. The molecule has 6 heteroatoms. The largest absolute Gasteiger partial charge is 0.352 e. The molecule has 6 nitrogen and oxygen atoms in total. The van der Waals surface area contributed by atoms with Crippen molar-refractivity contribution in [1.29, 1.82) is 0 Å². The minimum Gasteiger partial charge on any atom is -0.352 e. The highest BCUT2D eigenvalue weighted by Gasteiger charge is 2.10. The standard InChI is InChI=1S/C11H15N3O3/c1-8(7-12)13-11(15)6-9-3-2-4-10(5-9)14(16)17/h2-5,8H,6-7,12H2,1H3,(H,13,15)/t8-/m0/s1. The molecule has 0 aromatic heterocycles. The maximum absolute atomic E-state index is 11.5. The van der Waals surface area contributed by atoms with Crippen LogP contribution in [0.25, 0.3) is 0 Å². The van der Waals surface area contributed by atoms with Crippen LogP contribution in [0.15, 0.2) is 24.3 Å². The molecule has 3 N–H and O–H groups in total. The molecule has 1 amide bonds. The molecule has 0 bridgehead atoms. The van der Waals surface area contributed by atoms with Gasteiger partial charge in [-0.1, -0.05) is 12.1 Å². The topological polar surface area (TPSA) is 98.3 Å². The Balaban J connectivity index is 2.65. The van der Waals surface area contributed by atoms with E-state index in [0.717, 1.165) is 0 Å². The van der Waals surface area contributed by atoms with Gasteiger partial charge in [0.05, 0.1) is 11.3 Å². The fourth-order valence-electron chi connectivity index (χ4n) is 1.35. The second-order valence-electron chi connectivity index (χ2n) is 3.81. The van der Waals surface area contributed by atoms with Gasteiger partial charge in [0.15, 0.2) is 0 Å². The van der Waals surface area contributed by atoms with E-state index in [4.69, 9.17) is 5.73 Å². The van der Waals surface area contributed by atoms with Crippen molar-refractivity contribution in [3.8, 4) is 0 Å². The summed E-state index contributed by atoms with van der Waals surface area (Å²) in [4.78, 5) is 21.6. The number of benzene rings is 1. The lowest BCUT2D eigenvalue weighted by Crippen LogP contribution is -2.38. The molecular weight excluding hydrogens is 222 g/mol. The summed E-state index contributed by atoms with van der Waals surface area (Å²) in [5.74, 6) is -0.191. The third kappa shape index (κ3) is 4.20. The van der Waals surface area contributed by atoms with Crippen molar-refractivity contribution >= 4 is 11.6 Å². The van der Waals surface area contributed by atoms with Crippen molar-refractivity contribution in [3.05, 3.63) is 39.9 Å². The molecule has 0 saturated heterocycles. The van der Waals surface area contributed by atoms with Crippen LogP contribution in [0.3, 0.4) is 0 Å². The van der Waals surface area contributed by atoms with Crippen LogP contribution in [0, 0.1) is 10.1 Å². The third-order valence-electron chi connectivity index (χ3n) is 2.25. The van der Waals surface area contributed by atoms with Gasteiger partial charge in [-0.2, -0.15) is 0 Å².